The Morgan fingerprint density at radius 3 is 2.71 bits per heavy atom. The number of anilines is 1. The Balaban J connectivity index is 2.27. The van der Waals surface area contributed by atoms with Gasteiger partial charge in [-0.3, -0.25) is 5.32 Å². The molecule has 0 aromatic carbocycles. The Hall–Kier alpha value is -3.17. The summed E-state index contributed by atoms with van der Waals surface area (Å²) in [5.41, 5.74) is 5.87. The highest BCUT2D eigenvalue weighted by molar-refractivity contribution is 5.88. The Labute approximate surface area is 119 Å². The van der Waals surface area contributed by atoms with Crippen LogP contribution in [0.3, 0.4) is 0 Å². The number of carbonyl (C=O) groups excluding carboxylic acids is 2. The highest BCUT2D eigenvalue weighted by Gasteiger charge is 2.17. The summed E-state index contributed by atoms with van der Waals surface area (Å²) in [7, 11) is 3.06. The van der Waals surface area contributed by atoms with E-state index >= 15 is 0 Å². The number of rotatable bonds is 3. The van der Waals surface area contributed by atoms with Crippen molar-refractivity contribution < 1.29 is 14.3 Å². The molecule has 21 heavy (non-hydrogen) atoms. The second-order valence-electron chi connectivity index (χ2n) is 3.92. The minimum Gasteiger partial charge on any atom is -0.389 e. The molecule has 0 aliphatic carbocycles. The van der Waals surface area contributed by atoms with Crippen LogP contribution < -0.4 is 21.1 Å². The Morgan fingerprint density at radius 1 is 1.38 bits per heavy atom. The Morgan fingerprint density at radius 2 is 2.14 bits per heavy atom. The third-order valence-corrected chi connectivity index (χ3v) is 2.48. The van der Waals surface area contributed by atoms with Crippen LogP contribution in [-0.4, -0.2) is 39.1 Å². The summed E-state index contributed by atoms with van der Waals surface area (Å²) in [5.74, 6) is 0.468. The zero-order valence-electron chi connectivity index (χ0n) is 11.3. The maximum absolute atomic E-state index is 11.2. The molecule has 0 atom stereocenters. The highest BCUT2D eigenvalue weighted by atomic mass is 16.6. The van der Waals surface area contributed by atoms with Gasteiger partial charge in [0.05, 0.1) is 0 Å². The zero-order chi connectivity index (χ0) is 15.4. The molecule has 3 amide bonds. The minimum atomic E-state index is -0.965. The molecule has 4 N–H and O–H groups in total. The lowest BCUT2D eigenvalue weighted by molar-refractivity contribution is 0.207. The first-order valence-corrected chi connectivity index (χ1v) is 5.83. The first kappa shape index (κ1) is 14.2. The summed E-state index contributed by atoms with van der Waals surface area (Å²) in [4.78, 5) is 26.1. The third-order valence-electron chi connectivity index (χ3n) is 2.48. The molecular weight excluding hydrogens is 278 g/mol. The summed E-state index contributed by atoms with van der Waals surface area (Å²) in [6.45, 7) is 0. The Bertz CT molecular complexity index is 665. The molecule has 10 nitrogen and oxygen atoms in total. The number of aromatic nitrogens is 4. The van der Waals surface area contributed by atoms with E-state index in [0.29, 0.717) is 17.1 Å². The number of aryl methyl sites for hydroxylation is 1. The van der Waals surface area contributed by atoms with Crippen molar-refractivity contribution in [1.82, 2.24) is 25.3 Å². The minimum absolute atomic E-state index is 0.108. The topological polar surface area (TPSA) is 137 Å². The van der Waals surface area contributed by atoms with E-state index < -0.39 is 6.09 Å². The molecule has 0 bridgehead atoms. The molecule has 0 fully saturated rings. The van der Waals surface area contributed by atoms with Gasteiger partial charge in [-0.05, 0) is 12.1 Å². The van der Waals surface area contributed by atoms with Crippen molar-refractivity contribution in [2.75, 3.05) is 12.4 Å². The molecule has 2 aromatic rings. The monoisotopic (exact) mass is 291 g/mol. The van der Waals surface area contributed by atoms with E-state index in [-0.39, 0.29) is 11.9 Å². The van der Waals surface area contributed by atoms with Crippen molar-refractivity contribution >= 4 is 17.9 Å². The molecule has 10 heteroatoms. The summed E-state index contributed by atoms with van der Waals surface area (Å²) < 4.78 is 6.13. The van der Waals surface area contributed by atoms with E-state index in [0.717, 1.165) is 0 Å². The van der Waals surface area contributed by atoms with Gasteiger partial charge in [-0.15, -0.1) is 5.10 Å². The molecule has 110 valence electrons. The normalized spacial score (nSPS) is 10.0. The van der Waals surface area contributed by atoms with E-state index in [1.807, 2.05) is 0 Å². The number of hydrogen-bond donors (Lipinski definition) is 3. The molecule has 0 aliphatic heterocycles. The maximum Gasteiger partial charge on any atom is 0.411 e. The summed E-state index contributed by atoms with van der Waals surface area (Å²) >= 11 is 0. The molecule has 0 unspecified atom stereocenters. The first-order valence-electron chi connectivity index (χ1n) is 5.83. The van der Waals surface area contributed by atoms with Gasteiger partial charge < -0.3 is 15.8 Å². The fraction of sp³-hybridized carbons (Fsp3) is 0.182. The van der Waals surface area contributed by atoms with E-state index in [1.54, 1.807) is 19.2 Å². The van der Waals surface area contributed by atoms with Gasteiger partial charge in [0, 0.05) is 25.9 Å². The standard InChI is InChI=1S/C11H13N7O3/c1-13-11(20)15-7-4-3-6(5-14-7)8-9(21-10(12)19)18(2)17-16-8/h3-5H,1-2H3,(H2,12,19)(H2,13,14,15,20). The van der Waals surface area contributed by atoms with Crippen LogP contribution >= 0.6 is 0 Å². The van der Waals surface area contributed by atoms with Crippen LogP contribution in [0.4, 0.5) is 15.4 Å². The van der Waals surface area contributed by atoms with Crippen LogP contribution in [0.15, 0.2) is 18.3 Å². The van der Waals surface area contributed by atoms with Gasteiger partial charge in [-0.1, -0.05) is 5.21 Å². The number of ether oxygens (including phenoxy) is 1. The highest BCUT2D eigenvalue weighted by Crippen LogP contribution is 2.26. The fourth-order valence-electron chi connectivity index (χ4n) is 1.53. The van der Waals surface area contributed by atoms with Crippen LogP contribution in [0.25, 0.3) is 11.3 Å². The summed E-state index contributed by atoms with van der Waals surface area (Å²) in [5, 5.41) is 12.6. The van der Waals surface area contributed by atoms with Gasteiger partial charge in [-0.2, -0.15) is 0 Å². The third kappa shape index (κ3) is 3.23. The predicted molar refractivity (Wildman–Crippen MR) is 72.5 cm³/mol. The summed E-state index contributed by atoms with van der Waals surface area (Å²) in [6.07, 6.45) is 0.496. The number of pyridine rings is 1. The second-order valence-corrected chi connectivity index (χ2v) is 3.92. The van der Waals surface area contributed by atoms with E-state index in [9.17, 15) is 9.59 Å². The quantitative estimate of drug-likeness (QED) is 0.732. The average Bonchev–Trinajstić information content (AvgIpc) is 2.80. The lowest BCUT2D eigenvalue weighted by atomic mass is 10.2. The van der Waals surface area contributed by atoms with Gasteiger partial charge in [0.1, 0.15) is 5.82 Å². The number of primary amides is 1. The second kappa shape index (κ2) is 5.86. The van der Waals surface area contributed by atoms with Gasteiger partial charge >= 0.3 is 12.1 Å². The molecule has 2 heterocycles. The summed E-state index contributed by atoms with van der Waals surface area (Å²) in [6, 6.07) is 2.84. The largest absolute Gasteiger partial charge is 0.411 e. The molecular formula is C11H13N7O3. The van der Waals surface area contributed by atoms with Gasteiger partial charge in [-0.25, -0.2) is 19.3 Å². The van der Waals surface area contributed by atoms with E-state index in [1.165, 1.54) is 17.9 Å². The van der Waals surface area contributed by atoms with E-state index in [2.05, 4.69) is 25.9 Å². The van der Waals surface area contributed by atoms with Gasteiger partial charge in [0.25, 0.3) is 5.88 Å². The molecule has 0 aliphatic rings. The molecule has 0 saturated carbocycles. The number of hydrogen-bond acceptors (Lipinski definition) is 6. The number of nitrogens with two attached hydrogens (primary N) is 1. The van der Waals surface area contributed by atoms with Crippen LogP contribution in [0.2, 0.25) is 0 Å². The van der Waals surface area contributed by atoms with Crippen molar-refractivity contribution in [3.63, 3.8) is 0 Å². The average molecular weight is 291 g/mol. The molecule has 2 rings (SSSR count). The van der Waals surface area contributed by atoms with Gasteiger partial charge in [0.2, 0.25) is 0 Å². The smallest absolute Gasteiger partial charge is 0.389 e. The predicted octanol–water partition coefficient (Wildman–Crippen LogP) is 0.0859. The zero-order valence-corrected chi connectivity index (χ0v) is 11.3. The van der Waals surface area contributed by atoms with E-state index in [4.69, 9.17) is 10.5 Å². The number of nitrogens with zero attached hydrogens (tertiary/aromatic N) is 4. The van der Waals surface area contributed by atoms with Crippen LogP contribution in [0, 0.1) is 0 Å². The first-order chi connectivity index (χ1) is 10.0. The number of amides is 3. The van der Waals surface area contributed by atoms with Crippen molar-refractivity contribution in [3.8, 4) is 17.1 Å². The molecule has 0 saturated heterocycles. The van der Waals surface area contributed by atoms with Crippen LogP contribution in [0.1, 0.15) is 0 Å². The lowest BCUT2D eigenvalue weighted by Gasteiger charge is -2.05. The van der Waals surface area contributed by atoms with Crippen molar-refractivity contribution in [2.24, 2.45) is 12.8 Å². The fourth-order valence-corrected chi connectivity index (χ4v) is 1.53. The number of nitrogens with one attached hydrogen (secondary N) is 2. The van der Waals surface area contributed by atoms with Gasteiger partial charge in [0.15, 0.2) is 5.69 Å². The van der Waals surface area contributed by atoms with Crippen molar-refractivity contribution in [1.29, 1.82) is 0 Å². The Kier molecular flexibility index (Phi) is 3.97. The number of urea groups is 1. The SMILES string of the molecule is CNC(=O)Nc1ccc(-c2nnn(C)c2OC(N)=O)cn1. The number of carbonyl (C=O) groups is 2. The lowest BCUT2D eigenvalue weighted by Crippen LogP contribution is -2.24. The molecule has 0 spiro atoms. The maximum atomic E-state index is 11.2. The molecule has 2 aromatic heterocycles. The van der Waals surface area contributed by atoms with Crippen LogP contribution in [-0.2, 0) is 7.05 Å². The van der Waals surface area contributed by atoms with Crippen LogP contribution in [0.5, 0.6) is 5.88 Å². The van der Waals surface area contributed by atoms with Crippen molar-refractivity contribution in [2.45, 2.75) is 0 Å². The molecule has 0 radical (unpaired) electrons. The van der Waals surface area contributed by atoms with Crippen molar-refractivity contribution in [3.05, 3.63) is 18.3 Å².